The molecule has 0 saturated heterocycles. The molecule has 3 heteroatoms. The highest BCUT2D eigenvalue weighted by Crippen LogP contribution is 2.24. The van der Waals surface area contributed by atoms with Gasteiger partial charge >= 0.3 is 0 Å². The lowest BCUT2D eigenvalue weighted by atomic mass is 9.96. The Hall–Kier alpha value is -1.90. The summed E-state index contributed by atoms with van der Waals surface area (Å²) in [6.45, 7) is 3.06. The number of benzene rings is 1. The van der Waals surface area contributed by atoms with Crippen LogP contribution in [0.5, 0.6) is 0 Å². The Morgan fingerprint density at radius 3 is 2.95 bits per heavy atom. The van der Waals surface area contributed by atoms with Crippen molar-refractivity contribution in [1.29, 1.82) is 0 Å². The smallest absolute Gasteiger partial charge is 0.132 e. The predicted octanol–water partition coefficient (Wildman–Crippen LogP) is 3.32. The second kappa shape index (κ2) is 6.04. The summed E-state index contributed by atoms with van der Waals surface area (Å²) in [6.07, 6.45) is 7.45. The Morgan fingerprint density at radius 1 is 1.15 bits per heavy atom. The molecule has 0 bridgehead atoms. The summed E-state index contributed by atoms with van der Waals surface area (Å²) in [5.74, 6) is 1.04. The molecule has 0 spiro atoms. The van der Waals surface area contributed by atoms with Crippen LogP contribution in [0.1, 0.15) is 35.2 Å². The quantitative estimate of drug-likeness (QED) is 0.923. The van der Waals surface area contributed by atoms with Crippen molar-refractivity contribution in [1.82, 2.24) is 9.97 Å². The normalized spacial score (nSPS) is 13.8. The first-order valence-corrected chi connectivity index (χ1v) is 7.45. The van der Waals surface area contributed by atoms with Gasteiger partial charge in [-0.15, -0.1) is 0 Å². The first-order valence-electron chi connectivity index (χ1n) is 7.45. The molecule has 1 aromatic heterocycles. The Bertz CT molecular complexity index is 593. The van der Waals surface area contributed by atoms with Crippen LogP contribution in [0.4, 0.5) is 5.82 Å². The van der Waals surface area contributed by atoms with Gasteiger partial charge in [0.2, 0.25) is 0 Å². The van der Waals surface area contributed by atoms with Crippen LogP contribution in [-0.4, -0.2) is 16.5 Å². The minimum absolute atomic E-state index is 0.924. The summed E-state index contributed by atoms with van der Waals surface area (Å²) in [7, 11) is 0. The van der Waals surface area contributed by atoms with Gasteiger partial charge in [0.15, 0.2) is 0 Å². The fourth-order valence-corrected chi connectivity index (χ4v) is 2.87. The molecule has 0 atom stereocenters. The maximum Gasteiger partial charge on any atom is 0.132 e. The molecule has 0 saturated carbocycles. The van der Waals surface area contributed by atoms with Crippen molar-refractivity contribution in [3.8, 4) is 0 Å². The van der Waals surface area contributed by atoms with Crippen LogP contribution in [-0.2, 0) is 19.3 Å². The lowest BCUT2D eigenvalue weighted by molar-refractivity contribution is 0.663. The number of nitrogens with one attached hydrogen (secondary N) is 1. The third-order valence-corrected chi connectivity index (χ3v) is 3.91. The highest BCUT2D eigenvalue weighted by molar-refractivity contribution is 5.47. The monoisotopic (exact) mass is 267 g/mol. The molecule has 0 radical (unpaired) electrons. The molecule has 0 unspecified atom stereocenters. The molecule has 0 amide bonds. The SMILES string of the molecule is Cc1cccc(CCNc2ncnc3c2CCCC3)c1. The van der Waals surface area contributed by atoms with E-state index in [0.717, 1.165) is 31.6 Å². The van der Waals surface area contributed by atoms with Gasteiger partial charge in [-0.2, -0.15) is 0 Å². The van der Waals surface area contributed by atoms with E-state index in [4.69, 9.17) is 0 Å². The zero-order valence-electron chi connectivity index (χ0n) is 12.0. The van der Waals surface area contributed by atoms with E-state index in [1.165, 1.54) is 35.2 Å². The Labute approximate surface area is 120 Å². The third kappa shape index (κ3) is 2.98. The molecule has 1 N–H and O–H groups in total. The first-order chi connectivity index (χ1) is 9.83. The van der Waals surface area contributed by atoms with Gasteiger partial charge in [0.25, 0.3) is 0 Å². The van der Waals surface area contributed by atoms with E-state index in [-0.39, 0.29) is 0 Å². The largest absolute Gasteiger partial charge is 0.369 e. The molecule has 2 aromatic rings. The number of aromatic nitrogens is 2. The molecule has 1 heterocycles. The van der Waals surface area contributed by atoms with Gasteiger partial charge in [-0.1, -0.05) is 29.8 Å². The molecule has 0 fully saturated rings. The van der Waals surface area contributed by atoms with E-state index in [1.807, 2.05) is 0 Å². The van der Waals surface area contributed by atoms with E-state index in [0.29, 0.717) is 0 Å². The maximum absolute atomic E-state index is 4.42. The van der Waals surface area contributed by atoms with E-state index in [2.05, 4.69) is 46.5 Å². The van der Waals surface area contributed by atoms with Crippen LogP contribution in [0.2, 0.25) is 0 Å². The third-order valence-electron chi connectivity index (χ3n) is 3.91. The van der Waals surface area contributed by atoms with E-state index >= 15 is 0 Å². The van der Waals surface area contributed by atoms with E-state index in [1.54, 1.807) is 6.33 Å². The summed E-state index contributed by atoms with van der Waals surface area (Å²) in [6, 6.07) is 8.69. The van der Waals surface area contributed by atoms with Crippen molar-refractivity contribution in [3.63, 3.8) is 0 Å². The number of fused-ring (bicyclic) bond motifs is 1. The molecule has 104 valence electrons. The number of hydrogen-bond acceptors (Lipinski definition) is 3. The molecular formula is C17H21N3. The van der Waals surface area contributed by atoms with Gasteiger partial charge in [-0.05, 0) is 44.6 Å². The molecule has 0 aliphatic heterocycles. The van der Waals surface area contributed by atoms with Crippen molar-refractivity contribution >= 4 is 5.82 Å². The second-order valence-electron chi connectivity index (χ2n) is 5.52. The number of hydrogen-bond donors (Lipinski definition) is 1. The Morgan fingerprint density at radius 2 is 2.05 bits per heavy atom. The number of aryl methyl sites for hydroxylation is 2. The first kappa shape index (κ1) is 13.1. The average Bonchev–Trinajstić information content (AvgIpc) is 2.48. The van der Waals surface area contributed by atoms with Crippen molar-refractivity contribution in [3.05, 3.63) is 53.0 Å². The van der Waals surface area contributed by atoms with Crippen molar-refractivity contribution < 1.29 is 0 Å². The molecular weight excluding hydrogens is 246 g/mol. The van der Waals surface area contributed by atoms with E-state index < -0.39 is 0 Å². The van der Waals surface area contributed by atoms with Crippen LogP contribution in [0.15, 0.2) is 30.6 Å². The average molecular weight is 267 g/mol. The number of rotatable bonds is 4. The van der Waals surface area contributed by atoms with Gasteiger partial charge in [0.1, 0.15) is 12.1 Å². The molecule has 3 rings (SSSR count). The van der Waals surface area contributed by atoms with Crippen LogP contribution >= 0.6 is 0 Å². The van der Waals surface area contributed by atoms with Crippen molar-refractivity contribution in [2.75, 3.05) is 11.9 Å². The van der Waals surface area contributed by atoms with Gasteiger partial charge < -0.3 is 5.32 Å². The highest BCUT2D eigenvalue weighted by Gasteiger charge is 2.14. The van der Waals surface area contributed by atoms with E-state index in [9.17, 15) is 0 Å². The van der Waals surface area contributed by atoms with Gasteiger partial charge in [-0.3, -0.25) is 0 Å². The predicted molar refractivity (Wildman–Crippen MR) is 82.0 cm³/mol. The summed E-state index contributed by atoms with van der Waals surface area (Å²) in [4.78, 5) is 8.83. The summed E-state index contributed by atoms with van der Waals surface area (Å²) in [5.41, 5.74) is 5.27. The molecule has 1 aliphatic carbocycles. The topological polar surface area (TPSA) is 37.8 Å². The lowest BCUT2D eigenvalue weighted by Gasteiger charge is -2.18. The fourth-order valence-electron chi connectivity index (χ4n) is 2.87. The molecule has 3 nitrogen and oxygen atoms in total. The van der Waals surface area contributed by atoms with Crippen LogP contribution in [0.3, 0.4) is 0 Å². The zero-order valence-corrected chi connectivity index (χ0v) is 12.0. The van der Waals surface area contributed by atoms with Crippen molar-refractivity contribution in [2.24, 2.45) is 0 Å². The molecule has 1 aromatic carbocycles. The second-order valence-corrected chi connectivity index (χ2v) is 5.52. The Kier molecular flexibility index (Phi) is 3.95. The molecule has 1 aliphatic rings. The fraction of sp³-hybridized carbons (Fsp3) is 0.412. The maximum atomic E-state index is 4.42. The minimum Gasteiger partial charge on any atom is -0.369 e. The summed E-state index contributed by atoms with van der Waals surface area (Å²) in [5, 5.41) is 3.49. The van der Waals surface area contributed by atoms with Crippen LogP contribution in [0.25, 0.3) is 0 Å². The van der Waals surface area contributed by atoms with Gasteiger partial charge in [0.05, 0.1) is 0 Å². The minimum atomic E-state index is 0.924. The summed E-state index contributed by atoms with van der Waals surface area (Å²) < 4.78 is 0. The molecule has 20 heavy (non-hydrogen) atoms. The van der Waals surface area contributed by atoms with Crippen molar-refractivity contribution in [2.45, 2.75) is 39.0 Å². The summed E-state index contributed by atoms with van der Waals surface area (Å²) >= 11 is 0. The number of anilines is 1. The Balaban J connectivity index is 1.64. The van der Waals surface area contributed by atoms with Gasteiger partial charge in [-0.25, -0.2) is 9.97 Å². The van der Waals surface area contributed by atoms with Crippen LogP contribution < -0.4 is 5.32 Å². The van der Waals surface area contributed by atoms with Crippen LogP contribution in [0, 0.1) is 6.92 Å². The highest BCUT2D eigenvalue weighted by atomic mass is 15.0. The zero-order chi connectivity index (χ0) is 13.8. The standard InChI is InChI=1S/C17H21N3/c1-13-5-4-6-14(11-13)9-10-18-17-15-7-2-3-8-16(15)19-12-20-17/h4-6,11-12H,2-3,7-10H2,1H3,(H,18,19,20). The number of nitrogens with zero attached hydrogens (tertiary/aromatic N) is 2. The van der Waals surface area contributed by atoms with Gasteiger partial charge in [0, 0.05) is 17.8 Å². The lowest BCUT2D eigenvalue weighted by Crippen LogP contribution is -2.13.